The van der Waals surface area contributed by atoms with Gasteiger partial charge >= 0.3 is 0 Å². The summed E-state index contributed by atoms with van der Waals surface area (Å²) in [6, 6.07) is 0. The van der Waals surface area contributed by atoms with E-state index in [1.165, 1.54) is 6.42 Å². The fourth-order valence-corrected chi connectivity index (χ4v) is 5.64. The maximum absolute atomic E-state index is 12.2. The van der Waals surface area contributed by atoms with Gasteiger partial charge in [0.2, 0.25) is 11.8 Å². The SMILES string of the molecule is O=C(CCC1NC(C2CCN(CCO)C2)NO1)NCCCNC1NNC(=O)C2CCCCC12. The quantitative estimate of drug-likeness (QED) is 0.185. The highest BCUT2D eigenvalue weighted by molar-refractivity contribution is 5.79. The number of hydrogen-bond donors (Lipinski definition) is 7. The molecule has 7 N–H and O–H groups in total. The summed E-state index contributed by atoms with van der Waals surface area (Å²) in [5.74, 6) is 1.07. The third kappa shape index (κ3) is 6.84. The molecule has 3 aliphatic heterocycles. The lowest BCUT2D eigenvalue weighted by Gasteiger charge is -2.41. The van der Waals surface area contributed by atoms with Crippen LogP contribution < -0.4 is 32.3 Å². The van der Waals surface area contributed by atoms with Gasteiger partial charge in [0.1, 0.15) is 6.23 Å². The van der Waals surface area contributed by atoms with Crippen molar-refractivity contribution in [2.24, 2.45) is 17.8 Å². The van der Waals surface area contributed by atoms with Crippen molar-refractivity contribution >= 4 is 11.8 Å². The lowest BCUT2D eigenvalue weighted by atomic mass is 9.76. The van der Waals surface area contributed by atoms with Crippen LogP contribution in [0.2, 0.25) is 0 Å². The van der Waals surface area contributed by atoms with Gasteiger partial charge in [-0.25, -0.2) is 5.43 Å². The number of aliphatic hydroxyl groups is 1. The first-order valence-corrected chi connectivity index (χ1v) is 12.7. The van der Waals surface area contributed by atoms with E-state index in [0.29, 0.717) is 31.2 Å². The molecule has 3 heterocycles. The average molecular weight is 468 g/mol. The summed E-state index contributed by atoms with van der Waals surface area (Å²) in [7, 11) is 0. The van der Waals surface area contributed by atoms with Crippen molar-refractivity contribution in [2.45, 2.75) is 69.9 Å². The first kappa shape index (κ1) is 24.8. The number of aliphatic hydroxyl groups excluding tert-OH is 1. The highest BCUT2D eigenvalue weighted by atomic mass is 16.7. The molecule has 1 saturated carbocycles. The number of fused-ring (bicyclic) bond motifs is 1. The Balaban J connectivity index is 1.04. The van der Waals surface area contributed by atoms with Crippen molar-refractivity contribution in [2.75, 3.05) is 39.3 Å². The second-order valence-corrected chi connectivity index (χ2v) is 9.80. The number of amides is 2. The van der Waals surface area contributed by atoms with Gasteiger partial charge < -0.3 is 20.6 Å². The molecular formula is C22H41N7O4. The van der Waals surface area contributed by atoms with E-state index in [0.717, 1.165) is 58.3 Å². The molecule has 0 spiro atoms. The molecule has 11 nitrogen and oxygen atoms in total. The molecule has 6 atom stereocenters. The van der Waals surface area contributed by atoms with Crippen LogP contribution in [0.3, 0.4) is 0 Å². The number of carbonyl (C=O) groups is 2. The maximum Gasteiger partial charge on any atom is 0.237 e. The summed E-state index contributed by atoms with van der Waals surface area (Å²) >= 11 is 0. The van der Waals surface area contributed by atoms with Crippen LogP contribution in [0.1, 0.15) is 51.4 Å². The Hall–Kier alpha value is -1.34. The van der Waals surface area contributed by atoms with Gasteiger partial charge in [0.15, 0.2) is 0 Å². The van der Waals surface area contributed by atoms with E-state index in [2.05, 4.69) is 37.2 Å². The minimum absolute atomic E-state index is 0.0363. The zero-order valence-corrected chi connectivity index (χ0v) is 19.5. The fraction of sp³-hybridized carbons (Fsp3) is 0.909. The van der Waals surface area contributed by atoms with E-state index in [-0.39, 0.29) is 42.9 Å². The summed E-state index contributed by atoms with van der Waals surface area (Å²) in [4.78, 5) is 32.1. The second-order valence-electron chi connectivity index (χ2n) is 9.80. The number of β-amino-alcohol motifs (C(OH)–C–C–N with tert-alkyl or cyclic N) is 1. The largest absolute Gasteiger partial charge is 0.395 e. The number of carbonyl (C=O) groups excluding carboxylic acids is 2. The van der Waals surface area contributed by atoms with Crippen LogP contribution in [-0.4, -0.2) is 79.7 Å². The van der Waals surface area contributed by atoms with E-state index in [1.807, 2.05) is 0 Å². The number of nitrogens with one attached hydrogen (secondary N) is 6. The van der Waals surface area contributed by atoms with Gasteiger partial charge in [-0.2, -0.15) is 5.48 Å². The predicted octanol–water partition coefficient (Wildman–Crippen LogP) is -1.28. The lowest BCUT2D eigenvalue weighted by Crippen LogP contribution is -2.64. The number of hydrazine groups is 1. The molecule has 1 aliphatic carbocycles. The first-order chi connectivity index (χ1) is 16.1. The predicted molar refractivity (Wildman–Crippen MR) is 122 cm³/mol. The molecule has 0 aromatic heterocycles. The van der Waals surface area contributed by atoms with Crippen molar-refractivity contribution in [3.8, 4) is 0 Å². The lowest BCUT2D eigenvalue weighted by molar-refractivity contribution is -0.134. The van der Waals surface area contributed by atoms with Gasteiger partial charge in [-0.1, -0.05) is 12.8 Å². The molecule has 33 heavy (non-hydrogen) atoms. The van der Waals surface area contributed by atoms with Crippen LogP contribution in [0, 0.1) is 17.8 Å². The molecule has 0 aromatic carbocycles. The molecule has 0 aromatic rings. The van der Waals surface area contributed by atoms with Crippen molar-refractivity contribution in [3.05, 3.63) is 0 Å². The Labute approximate surface area is 196 Å². The van der Waals surface area contributed by atoms with Gasteiger partial charge in [-0.15, -0.1) is 0 Å². The first-order valence-electron chi connectivity index (χ1n) is 12.7. The smallest absolute Gasteiger partial charge is 0.237 e. The maximum atomic E-state index is 12.2. The monoisotopic (exact) mass is 467 g/mol. The molecule has 3 saturated heterocycles. The molecular weight excluding hydrogens is 426 g/mol. The number of nitrogens with zero attached hydrogens (tertiary/aromatic N) is 1. The van der Waals surface area contributed by atoms with Crippen LogP contribution in [0.5, 0.6) is 0 Å². The number of hydrogen-bond acceptors (Lipinski definition) is 9. The van der Waals surface area contributed by atoms with Gasteiger partial charge in [-0.05, 0) is 45.2 Å². The van der Waals surface area contributed by atoms with E-state index >= 15 is 0 Å². The van der Waals surface area contributed by atoms with Crippen LogP contribution in [0.25, 0.3) is 0 Å². The zero-order valence-electron chi connectivity index (χ0n) is 19.5. The molecule has 4 fully saturated rings. The minimum atomic E-state index is -0.162. The van der Waals surface area contributed by atoms with Crippen LogP contribution >= 0.6 is 0 Å². The summed E-state index contributed by atoms with van der Waals surface area (Å²) in [5, 5.41) is 19.0. The number of likely N-dealkylation sites (tertiary alicyclic amines) is 1. The fourth-order valence-electron chi connectivity index (χ4n) is 5.64. The van der Waals surface area contributed by atoms with Gasteiger partial charge in [0.25, 0.3) is 0 Å². The zero-order chi connectivity index (χ0) is 23.0. The molecule has 11 heteroatoms. The van der Waals surface area contributed by atoms with Crippen molar-refractivity contribution in [1.82, 2.24) is 37.2 Å². The summed E-state index contributed by atoms with van der Waals surface area (Å²) in [6.45, 7) is 4.27. The third-order valence-electron chi connectivity index (χ3n) is 7.51. The standard InChI is InChI=1S/C22H41N7O4/c30-13-12-29-11-8-15(14-29)20-25-19(33-28-20)7-6-18(31)23-9-3-10-24-21-16-4-1-2-5-17(16)22(32)27-26-21/h15-17,19-21,24-26,28,30H,1-14H2,(H,23,31)(H,27,32). The van der Waals surface area contributed by atoms with Crippen LogP contribution in [0.15, 0.2) is 0 Å². The molecule has 2 amide bonds. The van der Waals surface area contributed by atoms with Crippen molar-refractivity contribution in [1.29, 1.82) is 0 Å². The molecule has 0 radical (unpaired) electrons. The number of rotatable bonds is 11. The Bertz CT molecular complexity index is 654. The molecule has 6 unspecified atom stereocenters. The highest BCUT2D eigenvalue weighted by Gasteiger charge is 2.39. The summed E-state index contributed by atoms with van der Waals surface area (Å²) < 4.78 is 0. The van der Waals surface area contributed by atoms with Gasteiger partial charge in [-0.3, -0.25) is 25.2 Å². The summed E-state index contributed by atoms with van der Waals surface area (Å²) in [5.41, 5.74) is 9.00. The normalized spacial score (nSPS) is 34.8. The molecule has 4 aliphatic rings. The topological polar surface area (TPSA) is 139 Å². The average Bonchev–Trinajstić information content (AvgIpc) is 3.49. The van der Waals surface area contributed by atoms with E-state index in [1.54, 1.807) is 0 Å². The van der Waals surface area contributed by atoms with Crippen molar-refractivity contribution in [3.63, 3.8) is 0 Å². The van der Waals surface area contributed by atoms with Crippen LogP contribution in [-0.2, 0) is 14.4 Å². The Morgan fingerprint density at radius 3 is 2.97 bits per heavy atom. The third-order valence-corrected chi connectivity index (χ3v) is 7.51. The second kappa shape index (κ2) is 12.4. The Morgan fingerprint density at radius 1 is 1.21 bits per heavy atom. The van der Waals surface area contributed by atoms with Gasteiger partial charge in [0.05, 0.1) is 18.9 Å². The molecule has 188 valence electrons. The number of hydroxylamine groups is 1. The van der Waals surface area contributed by atoms with Crippen molar-refractivity contribution < 1.29 is 19.5 Å². The van der Waals surface area contributed by atoms with E-state index in [4.69, 9.17) is 9.94 Å². The van der Waals surface area contributed by atoms with E-state index in [9.17, 15) is 9.59 Å². The molecule has 4 rings (SSSR count). The Kier molecular flexibility index (Phi) is 9.30. The Morgan fingerprint density at radius 2 is 2.09 bits per heavy atom. The van der Waals surface area contributed by atoms with E-state index < -0.39 is 0 Å². The molecule has 0 bridgehead atoms. The van der Waals surface area contributed by atoms with Crippen LogP contribution in [0.4, 0.5) is 0 Å². The minimum Gasteiger partial charge on any atom is -0.395 e. The highest BCUT2D eigenvalue weighted by Crippen LogP contribution is 2.33. The summed E-state index contributed by atoms with van der Waals surface area (Å²) in [6.07, 6.45) is 7.35. The van der Waals surface area contributed by atoms with Gasteiger partial charge in [0, 0.05) is 43.8 Å².